The fourth-order valence-corrected chi connectivity index (χ4v) is 3.69. The molecule has 0 heterocycles. The number of benzene rings is 1. The topological polar surface area (TPSA) is 29.3 Å². The summed E-state index contributed by atoms with van der Waals surface area (Å²) in [5, 5.41) is 0. The summed E-state index contributed by atoms with van der Waals surface area (Å²) in [7, 11) is 2.27. The zero-order valence-electron chi connectivity index (χ0n) is 11.0. The Hall–Kier alpha value is -0.380. The van der Waals surface area contributed by atoms with Gasteiger partial charge in [0.05, 0.1) is 0 Å². The molecular weight excluding hydrogens is 288 g/mol. The van der Waals surface area contributed by atoms with E-state index in [4.69, 9.17) is 5.73 Å². The molecule has 98 valence electrons. The normalized spacial score (nSPS) is 27.3. The molecule has 1 aromatic carbocycles. The molecule has 3 heteroatoms. The van der Waals surface area contributed by atoms with Crippen LogP contribution in [0.1, 0.15) is 30.4 Å². The third-order valence-electron chi connectivity index (χ3n) is 4.77. The number of nitrogens with zero attached hydrogens (tertiary/aromatic N) is 1. The van der Waals surface area contributed by atoms with Crippen molar-refractivity contribution in [1.82, 2.24) is 4.90 Å². The van der Waals surface area contributed by atoms with Crippen molar-refractivity contribution < 1.29 is 0 Å². The van der Waals surface area contributed by atoms with Crippen LogP contribution in [-0.2, 0) is 12.8 Å². The second kappa shape index (κ2) is 4.62. The first kappa shape index (κ1) is 12.6. The number of halogens is 1. The molecule has 0 saturated heterocycles. The molecule has 1 saturated carbocycles. The summed E-state index contributed by atoms with van der Waals surface area (Å²) in [4.78, 5) is 2.57. The predicted molar refractivity (Wildman–Crippen MR) is 78.7 cm³/mol. The van der Waals surface area contributed by atoms with Crippen LogP contribution in [0, 0.1) is 0 Å². The molecule has 2 nitrogen and oxygen atoms in total. The summed E-state index contributed by atoms with van der Waals surface area (Å²) in [6.45, 7) is 0.773. The van der Waals surface area contributed by atoms with Crippen LogP contribution in [-0.4, -0.2) is 30.1 Å². The number of aryl methyl sites for hydroxylation is 1. The van der Waals surface area contributed by atoms with Crippen molar-refractivity contribution in [2.24, 2.45) is 5.73 Å². The van der Waals surface area contributed by atoms with Crippen molar-refractivity contribution >= 4 is 15.9 Å². The number of fused-ring (bicyclic) bond motifs is 1. The van der Waals surface area contributed by atoms with E-state index >= 15 is 0 Å². The minimum atomic E-state index is 0.196. The van der Waals surface area contributed by atoms with Gasteiger partial charge < -0.3 is 5.73 Å². The summed E-state index contributed by atoms with van der Waals surface area (Å²) in [5.74, 6) is 0. The van der Waals surface area contributed by atoms with Crippen molar-refractivity contribution in [3.63, 3.8) is 0 Å². The molecule has 2 aliphatic rings. The lowest BCUT2D eigenvalue weighted by Gasteiger charge is -2.45. The van der Waals surface area contributed by atoms with Gasteiger partial charge in [0.15, 0.2) is 0 Å². The van der Waals surface area contributed by atoms with Crippen LogP contribution >= 0.6 is 15.9 Å². The van der Waals surface area contributed by atoms with Crippen molar-refractivity contribution in [3.8, 4) is 0 Å². The maximum absolute atomic E-state index is 6.14. The van der Waals surface area contributed by atoms with Crippen molar-refractivity contribution in [2.45, 2.75) is 43.7 Å². The lowest BCUT2D eigenvalue weighted by molar-refractivity contribution is 0.100. The molecular formula is C15H21BrN2. The van der Waals surface area contributed by atoms with Gasteiger partial charge in [0.2, 0.25) is 0 Å². The molecule has 0 radical (unpaired) electrons. The van der Waals surface area contributed by atoms with Crippen LogP contribution in [0.15, 0.2) is 22.7 Å². The van der Waals surface area contributed by atoms with Crippen molar-refractivity contribution in [1.29, 1.82) is 0 Å². The summed E-state index contributed by atoms with van der Waals surface area (Å²) in [5.41, 5.74) is 9.32. The van der Waals surface area contributed by atoms with Crippen molar-refractivity contribution in [3.05, 3.63) is 33.8 Å². The maximum Gasteiger partial charge on any atom is 0.0375 e. The summed E-state index contributed by atoms with van der Waals surface area (Å²) >= 11 is 3.56. The van der Waals surface area contributed by atoms with Crippen molar-refractivity contribution in [2.75, 3.05) is 13.6 Å². The Labute approximate surface area is 118 Å². The van der Waals surface area contributed by atoms with E-state index in [2.05, 4.69) is 46.1 Å². The lowest BCUT2D eigenvalue weighted by Crippen LogP contribution is -2.56. The number of hydrogen-bond acceptors (Lipinski definition) is 2. The van der Waals surface area contributed by atoms with Gasteiger partial charge in [0.1, 0.15) is 0 Å². The smallest absolute Gasteiger partial charge is 0.0375 e. The van der Waals surface area contributed by atoms with E-state index in [-0.39, 0.29) is 5.54 Å². The summed E-state index contributed by atoms with van der Waals surface area (Å²) < 4.78 is 1.19. The Morgan fingerprint density at radius 3 is 2.83 bits per heavy atom. The van der Waals surface area contributed by atoms with Gasteiger partial charge in [-0.15, -0.1) is 0 Å². The second-order valence-electron chi connectivity index (χ2n) is 5.86. The molecule has 1 fully saturated rings. The molecule has 3 rings (SSSR count). The Balaban J connectivity index is 1.89. The van der Waals surface area contributed by atoms with Crippen LogP contribution in [0.3, 0.4) is 0 Å². The highest BCUT2D eigenvalue weighted by Gasteiger charge is 2.42. The van der Waals surface area contributed by atoms with E-state index in [1.54, 1.807) is 0 Å². The number of hydrogen-bond donors (Lipinski definition) is 1. The van der Waals surface area contributed by atoms with Gasteiger partial charge in [-0.1, -0.05) is 22.0 Å². The van der Waals surface area contributed by atoms with Crippen LogP contribution in [0.2, 0.25) is 0 Å². The number of rotatable bonds is 3. The Kier molecular flexibility index (Phi) is 3.25. The van der Waals surface area contributed by atoms with Gasteiger partial charge in [-0.2, -0.15) is 0 Å². The number of likely N-dealkylation sites (N-methyl/N-ethyl adjacent to an activating group) is 1. The third kappa shape index (κ3) is 2.13. The van der Waals surface area contributed by atoms with Gasteiger partial charge in [0.25, 0.3) is 0 Å². The largest absolute Gasteiger partial charge is 0.329 e. The average Bonchev–Trinajstić information content (AvgIpc) is 3.21. The Morgan fingerprint density at radius 2 is 2.17 bits per heavy atom. The minimum absolute atomic E-state index is 0.196. The highest BCUT2D eigenvalue weighted by atomic mass is 79.9. The van der Waals surface area contributed by atoms with Gasteiger partial charge in [-0.3, -0.25) is 4.90 Å². The number of nitrogens with two attached hydrogens (primary N) is 1. The first-order valence-electron chi connectivity index (χ1n) is 6.85. The zero-order chi connectivity index (χ0) is 12.8. The minimum Gasteiger partial charge on any atom is -0.329 e. The third-order valence-corrected chi connectivity index (χ3v) is 5.26. The van der Waals surface area contributed by atoms with Gasteiger partial charge in [-0.25, -0.2) is 0 Å². The van der Waals surface area contributed by atoms with E-state index in [9.17, 15) is 0 Å². The second-order valence-corrected chi connectivity index (χ2v) is 6.78. The molecule has 2 aliphatic carbocycles. The molecule has 1 atom stereocenters. The molecule has 0 bridgehead atoms. The summed E-state index contributed by atoms with van der Waals surface area (Å²) in [6, 6.07) is 7.48. The Bertz CT molecular complexity index is 456. The van der Waals surface area contributed by atoms with Gasteiger partial charge in [0, 0.05) is 22.6 Å². The molecule has 1 unspecified atom stereocenters. The lowest BCUT2D eigenvalue weighted by atomic mass is 9.77. The molecule has 0 spiro atoms. The molecule has 0 amide bonds. The Morgan fingerprint density at radius 1 is 1.39 bits per heavy atom. The highest BCUT2D eigenvalue weighted by molar-refractivity contribution is 9.10. The van der Waals surface area contributed by atoms with E-state index in [0.717, 1.165) is 25.4 Å². The molecule has 0 aromatic heterocycles. The molecule has 18 heavy (non-hydrogen) atoms. The van der Waals surface area contributed by atoms with E-state index < -0.39 is 0 Å². The molecule has 2 N–H and O–H groups in total. The zero-order valence-corrected chi connectivity index (χ0v) is 12.5. The van der Waals surface area contributed by atoms with Crippen LogP contribution in [0.4, 0.5) is 0 Å². The summed E-state index contributed by atoms with van der Waals surface area (Å²) in [6.07, 6.45) is 6.17. The van der Waals surface area contributed by atoms with Crippen LogP contribution in [0.25, 0.3) is 0 Å². The highest BCUT2D eigenvalue weighted by Crippen LogP contribution is 2.39. The van der Waals surface area contributed by atoms with Crippen LogP contribution < -0.4 is 5.73 Å². The monoisotopic (exact) mass is 308 g/mol. The SMILES string of the molecule is CN(C1CC1)C1(CN)CCc2cc(Br)ccc2C1. The van der Waals surface area contributed by atoms with E-state index in [1.807, 2.05) is 0 Å². The first-order valence-corrected chi connectivity index (χ1v) is 7.64. The van der Waals surface area contributed by atoms with E-state index in [1.165, 1.54) is 34.9 Å². The molecule has 0 aliphatic heterocycles. The van der Waals surface area contributed by atoms with E-state index in [0.29, 0.717) is 0 Å². The quantitative estimate of drug-likeness (QED) is 0.930. The molecule has 1 aromatic rings. The first-order chi connectivity index (χ1) is 8.64. The fourth-order valence-electron chi connectivity index (χ4n) is 3.28. The van der Waals surface area contributed by atoms with Gasteiger partial charge in [-0.05, 0) is 62.4 Å². The fraction of sp³-hybridized carbons (Fsp3) is 0.600. The van der Waals surface area contributed by atoms with Crippen LogP contribution in [0.5, 0.6) is 0 Å². The maximum atomic E-state index is 6.14. The average molecular weight is 309 g/mol. The standard InChI is InChI=1S/C15H21BrN2/c1-18(14-4-5-14)15(10-17)7-6-11-8-13(16)3-2-12(11)9-15/h2-3,8,14H,4-7,9-10,17H2,1H3. The van der Waals surface area contributed by atoms with Gasteiger partial charge >= 0.3 is 0 Å². The predicted octanol–water partition coefficient (Wildman–Crippen LogP) is 2.73.